The first-order valence-electron chi connectivity index (χ1n) is 9.21. The van der Waals surface area contributed by atoms with Crippen molar-refractivity contribution in [1.82, 2.24) is 9.78 Å². The summed E-state index contributed by atoms with van der Waals surface area (Å²) in [5, 5.41) is 7.72. The Hall–Kier alpha value is -2.41. The van der Waals surface area contributed by atoms with Crippen LogP contribution in [0.4, 0.5) is 5.69 Å². The molecule has 0 atom stereocenters. The van der Waals surface area contributed by atoms with Gasteiger partial charge in [0.05, 0.1) is 41.3 Å². The summed E-state index contributed by atoms with van der Waals surface area (Å²) in [6, 6.07) is 10.9. The number of anilines is 1. The van der Waals surface area contributed by atoms with Gasteiger partial charge in [-0.3, -0.25) is 4.79 Å². The summed E-state index contributed by atoms with van der Waals surface area (Å²) in [6.07, 6.45) is 2.23. The number of hydrogen-bond acceptors (Lipinski definition) is 5. The maximum atomic E-state index is 12.3. The first-order chi connectivity index (χ1) is 14.4. The number of benzene rings is 2. The lowest BCUT2D eigenvalue weighted by Crippen LogP contribution is -2.21. The SMILES string of the molecule is CCCOc1ccc(CNc2ccc(-n3ncc(Cl)c(Cl)c3=O)cc2Cl)cc1OC. The summed E-state index contributed by atoms with van der Waals surface area (Å²) in [4.78, 5) is 12.3. The third kappa shape index (κ3) is 5.01. The van der Waals surface area contributed by atoms with E-state index in [1.807, 2.05) is 25.1 Å². The van der Waals surface area contributed by atoms with Crippen LogP contribution in [0.15, 0.2) is 47.4 Å². The molecule has 158 valence electrons. The zero-order chi connectivity index (χ0) is 21.7. The molecule has 3 rings (SSSR count). The molecule has 1 heterocycles. The summed E-state index contributed by atoms with van der Waals surface area (Å²) in [7, 11) is 1.61. The summed E-state index contributed by atoms with van der Waals surface area (Å²) < 4.78 is 12.2. The molecule has 0 saturated carbocycles. The van der Waals surface area contributed by atoms with Crippen LogP contribution in [-0.2, 0) is 6.54 Å². The van der Waals surface area contributed by atoms with E-state index in [1.54, 1.807) is 25.3 Å². The third-order valence-corrected chi connectivity index (χ3v) is 5.31. The molecule has 9 heteroatoms. The predicted octanol–water partition coefficient (Wildman–Crippen LogP) is 5.60. The first kappa shape index (κ1) is 22.3. The van der Waals surface area contributed by atoms with Crippen LogP contribution in [0.2, 0.25) is 15.1 Å². The standard InChI is InChI=1S/C21H20Cl3N3O3/c1-3-8-30-18-7-4-13(9-19(18)29-2)11-25-17-6-5-14(10-15(17)22)27-21(28)20(24)16(23)12-26-27/h4-7,9-10,12,25H,3,8,11H2,1-2H3. The Labute approximate surface area is 189 Å². The topological polar surface area (TPSA) is 65.4 Å². The number of nitrogens with zero attached hydrogens (tertiary/aromatic N) is 2. The fourth-order valence-corrected chi connectivity index (χ4v) is 3.22. The maximum absolute atomic E-state index is 12.3. The van der Waals surface area contributed by atoms with Crippen LogP contribution >= 0.6 is 34.8 Å². The first-order valence-corrected chi connectivity index (χ1v) is 10.3. The van der Waals surface area contributed by atoms with E-state index in [2.05, 4.69) is 10.4 Å². The Balaban J connectivity index is 1.76. The van der Waals surface area contributed by atoms with Crippen molar-refractivity contribution in [3.05, 3.63) is 73.6 Å². The van der Waals surface area contributed by atoms with Gasteiger partial charge in [0.15, 0.2) is 11.5 Å². The van der Waals surface area contributed by atoms with Crippen LogP contribution in [0.25, 0.3) is 5.69 Å². The smallest absolute Gasteiger partial charge is 0.291 e. The number of aromatic nitrogens is 2. The largest absolute Gasteiger partial charge is 0.493 e. The van der Waals surface area contributed by atoms with E-state index in [9.17, 15) is 4.79 Å². The van der Waals surface area contributed by atoms with Crippen LogP contribution in [0.5, 0.6) is 11.5 Å². The molecule has 0 bridgehead atoms. The van der Waals surface area contributed by atoms with Crippen LogP contribution < -0.4 is 20.3 Å². The molecule has 0 fully saturated rings. The molecule has 0 spiro atoms. The molecule has 6 nitrogen and oxygen atoms in total. The average Bonchev–Trinajstić information content (AvgIpc) is 2.75. The minimum Gasteiger partial charge on any atom is -0.493 e. The number of ether oxygens (including phenoxy) is 2. The Bertz CT molecular complexity index is 1100. The molecule has 2 aromatic carbocycles. The monoisotopic (exact) mass is 467 g/mol. The third-order valence-electron chi connectivity index (χ3n) is 4.25. The highest BCUT2D eigenvalue weighted by molar-refractivity contribution is 6.41. The van der Waals surface area contributed by atoms with Gasteiger partial charge in [0, 0.05) is 6.54 Å². The second-order valence-electron chi connectivity index (χ2n) is 6.37. The number of rotatable bonds is 8. The van der Waals surface area contributed by atoms with E-state index in [1.165, 1.54) is 6.20 Å². The van der Waals surface area contributed by atoms with E-state index in [-0.39, 0.29) is 10.0 Å². The van der Waals surface area contributed by atoms with Gasteiger partial charge in [-0.25, -0.2) is 0 Å². The van der Waals surface area contributed by atoms with Crippen LogP contribution in [-0.4, -0.2) is 23.5 Å². The lowest BCUT2D eigenvalue weighted by Gasteiger charge is -2.14. The zero-order valence-corrected chi connectivity index (χ0v) is 18.7. The number of methoxy groups -OCH3 is 1. The fraction of sp³-hybridized carbons (Fsp3) is 0.238. The van der Waals surface area contributed by atoms with Gasteiger partial charge in [-0.2, -0.15) is 9.78 Å². The molecule has 3 aromatic rings. The van der Waals surface area contributed by atoms with Crippen molar-refractivity contribution in [2.45, 2.75) is 19.9 Å². The van der Waals surface area contributed by atoms with Gasteiger partial charge in [0.2, 0.25) is 0 Å². The second-order valence-corrected chi connectivity index (χ2v) is 7.57. The van der Waals surface area contributed by atoms with Crippen LogP contribution in [0, 0.1) is 0 Å². The van der Waals surface area contributed by atoms with Gasteiger partial charge in [0.1, 0.15) is 5.02 Å². The van der Waals surface area contributed by atoms with Crippen LogP contribution in [0.1, 0.15) is 18.9 Å². The molecule has 0 aliphatic rings. The maximum Gasteiger partial charge on any atom is 0.291 e. The van der Waals surface area contributed by atoms with Gasteiger partial charge >= 0.3 is 0 Å². The van der Waals surface area contributed by atoms with Crippen molar-refractivity contribution in [1.29, 1.82) is 0 Å². The number of nitrogens with one attached hydrogen (secondary N) is 1. The predicted molar refractivity (Wildman–Crippen MR) is 121 cm³/mol. The normalized spacial score (nSPS) is 10.7. The van der Waals surface area contributed by atoms with Crippen LogP contribution in [0.3, 0.4) is 0 Å². The van der Waals surface area contributed by atoms with Crippen molar-refractivity contribution >= 4 is 40.5 Å². The molecular formula is C21H20Cl3N3O3. The van der Waals surface area contributed by atoms with Crippen molar-refractivity contribution in [3.63, 3.8) is 0 Å². The highest BCUT2D eigenvalue weighted by atomic mass is 35.5. The number of halogens is 3. The Morgan fingerprint density at radius 1 is 1.07 bits per heavy atom. The summed E-state index contributed by atoms with van der Waals surface area (Å²) in [6.45, 7) is 3.20. The quantitative estimate of drug-likeness (QED) is 0.466. The van der Waals surface area contributed by atoms with E-state index >= 15 is 0 Å². The van der Waals surface area contributed by atoms with Crippen molar-refractivity contribution in [2.24, 2.45) is 0 Å². The average molecular weight is 469 g/mol. The molecule has 0 radical (unpaired) electrons. The Kier molecular flexibility index (Phi) is 7.48. The summed E-state index contributed by atoms with van der Waals surface area (Å²) in [5.74, 6) is 1.39. The van der Waals surface area contributed by atoms with Gasteiger partial charge in [-0.1, -0.05) is 47.8 Å². The van der Waals surface area contributed by atoms with Crippen molar-refractivity contribution in [3.8, 4) is 17.2 Å². The highest BCUT2D eigenvalue weighted by Gasteiger charge is 2.11. The molecular weight excluding hydrogens is 449 g/mol. The molecule has 30 heavy (non-hydrogen) atoms. The van der Waals surface area contributed by atoms with Crippen molar-refractivity contribution in [2.75, 3.05) is 19.0 Å². The second kappa shape index (κ2) is 10.1. The number of hydrogen-bond donors (Lipinski definition) is 1. The summed E-state index contributed by atoms with van der Waals surface area (Å²) in [5.41, 5.74) is 1.67. The lowest BCUT2D eigenvalue weighted by atomic mass is 10.2. The molecule has 0 saturated heterocycles. The van der Waals surface area contributed by atoms with Crippen molar-refractivity contribution < 1.29 is 9.47 Å². The molecule has 1 aromatic heterocycles. The van der Waals surface area contributed by atoms with Gasteiger partial charge < -0.3 is 14.8 Å². The minimum absolute atomic E-state index is 0.0923. The molecule has 0 amide bonds. The summed E-state index contributed by atoms with van der Waals surface area (Å²) >= 11 is 18.1. The molecule has 0 unspecified atom stereocenters. The Morgan fingerprint density at radius 3 is 2.57 bits per heavy atom. The minimum atomic E-state index is -0.515. The molecule has 1 N–H and O–H groups in total. The van der Waals surface area contributed by atoms with Gasteiger partial charge in [-0.15, -0.1) is 0 Å². The fourth-order valence-electron chi connectivity index (χ4n) is 2.73. The lowest BCUT2D eigenvalue weighted by molar-refractivity contribution is 0.294. The van der Waals surface area contributed by atoms with E-state index in [4.69, 9.17) is 44.3 Å². The highest BCUT2D eigenvalue weighted by Crippen LogP contribution is 2.30. The van der Waals surface area contributed by atoms with E-state index < -0.39 is 5.56 Å². The van der Waals surface area contributed by atoms with Gasteiger partial charge in [0.25, 0.3) is 5.56 Å². The Morgan fingerprint density at radius 2 is 1.87 bits per heavy atom. The zero-order valence-electron chi connectivity index (χ0n) is 16.4. The van der Waals surface area contributed by atoms with E-state index in [0.29, 0.717) is 41.0 Å². The molecule has 0 aliphatic carbocycles. The van der Waals surface area contributed by atoms with Gasteiger partial charge in [-0.05, 0) is 42.3 Å². The van der Waals surface area contributed by atoms with E-state index in [0.717, 1.165) is 16.7 Å². The molecule has 0 aliphatic heterocycles.